The van der Waals surface area contributed by atoms with Gasteiger partial charge in [-0.15, -0.1) is 0 Å². The van der Waals surface area contributed by atoms with Crippen molar-refractivity contribution in [2.45, 2.75) is 0 Å². The van der Waals surface area contributed by atoms with Gasteiger partial charge in [0.05, 0.1) is 5.56 Å². The maximum atomic E-state index is 12.8. The van der Waals surface area contributed by atoms with Gasteiger partial charge in [0.1, 0.15) is 5.58 Å². The Morgan fingerprint density at radius 1 is 0.600 bits per heavy atom. The summed E-state index contributed by atoms with van der Waals surface area (Å²) in [6, 6.07) is 31.6. The number of hydrogen-bond donors (Lipinski definition) is 2. The Morgan fingerprint density at radius 3 is 1.89 bits per heavy atom. The lowest BCUT2D eigenvalue weighted by Gasteiger charge is -2.09. The van der Waals surface area contributed by atoms with Crippen LogP contribution in [0.3, 0.4) is 0 Å². The summed E-state index contributed by atoms with van der Waals surface area (Å²) in [7, 11) is 0. The average Bonchev–Trinajstić information content (AvgIpc) is 2.89. The number of carbonyl (C=O) groups excluding carboxylic acids is 2. The van der Waals surface area contributed by atoms with Crippen molar-refractivity contribution >= 4 is 34.2 Å². The van der Waals surface area contributed by atoms with Crippen molar-refractivity contribution in [3.8, 4) is 11.1 Å². The van der Waals surface area contributed by atoms with Gasteiger partial charge in [-0.1, -0.05) is 54.6 Å². The average molecular weight is 460 g/mol. The second-order valence-electron chi connectivity index (χ2n) is 7.92. The zero-order chi connectivity index (χ0) is 24.2. The summed E-state index contributed by atoms with van der Waals surface area (Å²) < 4.78 is 5.41. The number of rotatable bonds is 5. The SMILES string of the molecule is O=C(Nc1cccc(NC(=O)c2ccc(-c3cc4ccccc4oc3=O)cc2)c1)c1ccccc1. The molecule has 2 amide bonds. The number of benzene rings is 4. The smallest absolute Gasteiger partial charge is 0.344 e. The van der Waals surface area contributed by atoms with Crippen LogP contribution in [0.2, 0.25) is 0 Å². The second-order valence-corrected chi connectivity index (χ2v) is 7.92. The molecule has 35 heavy (non-hydrogen) atoms. The number of anilines is 2. The van der Waals surface area contributed by atoms with Crippen molar-refractivity contribution in [1.82, 2.24) is 0 Å². The van der Waals surface area contributed by atoms with Crippen LogP contribution in [-0.2, 0) is 0 Å². The molecule has 0 saturated carbocycles. The molecular weight excluding hydrogens is 440 g/mol. The Morgan fingerprint density at radius 2 is 1.20 bits per heavy atom. The molecule has 5 aromatic rings. The van der Waals surface area contributed by atoms with E-state index in [-0.39, 0.29) is 11.8 Å². The first-order valence-electron chi connectivity index (χ1n) is 11.0. The highest BCUT2D eigenvalue weighted by Gasteiger charge is 2.11. The van der Waals surface area contributed by atoms with E-state index < -0.39 is 5.63 Å². The maximum absolute atomic E-state index is 12.8. The molecule has 0 aliphatic heterocycles. The van der Waals surface area contributed by atoms with Gasteiger partial charge in [-0.3, -0.25) is 9.59 Å². The van der Waals surface area contributed by atoms with Gasteiger partial charge in [-0.05, 0) is 60.2 Å². The van der Waals surface area contributed by atoms with Gasteiger partial charge >= 0.3 is 5.63 Å². The number of para-hydroxylation sites is 1. The van der Waals surface area contributed by atoms with Crippen molar-refractivity contribution in [2.75, 3.05) is 10.6 Å². The summed E-state index contributed by atoms with van der Waals surface area (Å²) in [5, 5.41) is 6.48. The molecule has 4 aromatic carbocycles. The quantitative estimate of drug-likeness (QED) is 0.317. The van der Waals surface area contributed by atoms with E-state index in [0.717, 1.165) is 5.39 Å². The number of fused-ring (bicyclic) bond motifs is 1. The molecule has 2 N–H and O–H groups in total. The predicted octanol–water partition coefficient (Wildman–Crippen LogP) is 5.96. The molecule has 0 aliphatic rings. The summed E-state index contributed by atoms with van der Waals surface area (Å²) in [5.41, 5.74) is 3.26. The minimum atomic E-state index is -0.435. The molecule has 0 fully saturated rings. The lowest BCUT2D eigenvalue weighted by molar-refractivity contribution is 0.101. The van der Waals surface area contributed by atoms with Gasteiger partial charge in [0.25, 0.3) is 11.8 Å². The topological polar surface area (TPSA) is 88.4 Å². The van der Waals surface area contributed by atoms with Crippen LogP contribution in [0.4, 0.5) is 11.4 Å². The molecule has 0 saturated heterocycles. The fraction of sp³-hybridized carbons (Fsp3) is 0. The molecule has 5 rings (SSSR count). The first-order valence-corrected chi connectivity index (χ1v) is 11.0. The van der Waals surface area contributed by atoms with E-state index in [1.54, 1.807) is 84.9 Å². The molecule has 0 spiro atoms. The highest BCUT2D eigenvalue weighted by Crippen LogP contribution is 2.22. The molecule has 0 aliphatic carbocycles. The Balaban J connectivity index is 1.30. The Labute approximate surface area is 200 Å². The molecule has 1 heterocycles. The van der Waals surface area contributed by atoms with Crippen LogP contribution in [0.5, 0.6) is 0 Å². The molecule has 170 valence electrons. The third-order valence-corrected chi connectivity index (χ3v) is 5.51. The van der Waals surface area contributed by atoms with Gasteiger partial charge in [-0.25, -0.2) is 4.79 Å². The summed E-state index contributed by atoms with van der Waals surface area (Å²) in [6.07, 6.45) is 0. The van der Waals surface area contributed by atoms with E-state index >= 15 is 0 Å². The van der Waals surface area contributed by atoms with E-state index in [1.807, 2.05) is 24.3 Å². The molecular formula is C29H20N2O4. The number of hydrogen-bond acceptors (Lipinski definition) is 4. The van der Waals surface area contributed by atoms with Crippen LogP contribution in [0.1, 0.15) is 20.7 Å². The van der Waals surface area contributed by atoms with Crippen LogP contribution in [0.15, 0.2) is 118 Å². The predicted molar refractivity (Wildman–Crippen MR) is 137 cm³/mol. The number of carbonyl (C=O) groups is 2. The summed E-state index contributed by atoms with van der Waals surface area (Å²) in [4.78, 5) is 37.6. The molecule has 0 unspecified atom stereocenters. The van der Waals surface area contributed by atoms with E-state index in [9.17, 15) is 14.4 Å². The molecule has 1 aromatic heterocycles. The first kappa shape index (κ1) is 21.9. The van der Waals surface area contributed by atoms with Crippen LogP contribution in [0, 0.1) is 0 Å². The Hall–Kier alpha value is -4.97. The van der Waals surface area contributed by atoms with Crippen LogP contribution in [0.25, 0.3) is 22.1 Å². The molecule has 0 bridgehead atoms. The monoisotopic (exact) mass is 460 g/mol. The van der Waals surface area contributed by atoms with E-state index in [1.165, 1.54) is 0 Å². The second kappa shape index (κ2) is 9.49. The summed E-state index contributed by atoms with van der Waals surface area (Å²) in [6.45, 7) is 0. The molecule has 0 atom stereocenters. The summed E-state index contributed by atoms with van der Waals surface area (Å²) in [5.74, 6) is -0.545. The van der Waals surface area contributed by atoms with E-state index in [2.05, 4.69) is 10.6 Å². The zero-order valence-electron chi connectivity index (χ0n) is 18.5. The van der Waals surface area contributed by atoms with Crippen LogP contribution < -0.4 is 16.3 Å². The first-order chi connectivity index (χ1) is 17.1. The zero-order valence-corrected chi connectivity index (χ0v) is 18.5. The lowest BCUT2D eigenvalue weighted by Crippen LogP contribution is -2.14. The van der Waals surface area contributed by atoms with Gasteiger partial charge in [0, 0.05) is 27.9 Å². The summed E-state index contributed by atoms with van der Waals surface area (Å²) >= 11 is 0. The molecule has 6 heteroatoms. The van der Waals surface area contributed by atoms with Crippen LogP contribution >= 0.6 is 0 Å². The van der Waals surface area contributed by atoms with Crippen molar-refractivity contribution in [2.24, 2.45) is 0 Å². The van der Waals surface area contributed by atoms with Crippen molar-refractivity contribution in [1.29, 1.82) is 0 Å². The van der Waals surface area contributed by atoms with Gasteiger partial charge in [0.2, 0.25) is 0 Å². The Kier molecular flexibility index (Phi) is 5.92. The minimum Gasteiger partial charge on any atom is -0.422 e. The number of nitrogens with one attached hydrogen (secondary N) is 2. The van der Waals surface area contributed by atoms with Crippen molar-refractivity contribution < 1.29 is 14.0 Å². The minimum absolute atomic E-state index is 0.233. The van der Waals surface area contributed by atoms with Crippen molar-refractivity contribution in [3.63, 3.8) is 0 Å². The maximum Gasteiger partial charge on any atom is 0.344 e. The fourth-order valence-electron chi connectivity index (χ4n) is 3.74. The normalized spacial score (nSPS) is 10.6. The van der Waals surface area contributed by atoms with Gasteiger partial charge in [-0.2, -0.15) is 0 Å². The lowest BCUT2D eigenvalue weighted by atomic mass is 10.0. The Bertz CT molecular complexity index is 1590. The highest BCUT2D eigenvalue weighted by atomic mass is 16.4. The third kappa shape index (κ3) is 4.86. The molecule has 0 radical (unpaired) electrons. The fourth-order valence-corrected chi connectivity index (χ4v) is 3.74. The largest absolute Gasteiger partial charge is 0.422 e. The molecule has 6 nitrogen and oxygen atoms in total. The van der Waals surface area contributed by atoms with E-state index in [4.69, 9.17) is 4.42 Å². The standard InChI is InChI=1S/C29H20N2O4/c32-27(20-7-2-1-3-8-20)30-23-10-6-11-24(18-23)31-28(33)21-15-13-19(14-16-21)25-17-22-9-4-5-12-26(22)35-29(25)34/h1-18H,(H,30,32)(H,31,33). The number of amides is 2. The van der Waals surface area contributed by atoms with Crippen molar-refractivity contribution in [3.05, 3.63) is 131 Å². The van der Waals surface area contributed by atoms with Gasteiger partial charge < -0.3 is 15.1 Å². The van der Waals surface area contributed by atoms with Gasteiger partial charge in [0.15, 0.2) is 0 Å². The van der Waals surface area contributed by atoms with Crippen LogP contribution in [-0.4, -0.2) is 11.8 Å². The third-order valence-electron chi connectivity index (χ3n) is 5.51. The highest BCUT2D eigenvalue weighted by molar-refractivity contribution is 6.06. The van der Waals surface area contributed by atoms with E-state index in [0.29, 0.717) is 39.2 Å².